The van der Waals surface area contributed by atoms with Crippen LogP contribution in [-0.2, 0) is 25.9 Å². The van der Waals surface area contributed by atoms with Crippen LogP contribution in [0.1, 0.15) is 92.6 Å². The Bertz CT molecular complexity index is 3050. The Kier molecular flexibility index (Phi) is 18.5. The quantitative estimate of drug-likeness (QED) is 0.0442. The Morgan fingerprint density at radius 2 is 1.00 bits per heavy atom. The molecule has 0 aliphatic heterocycles. The van der Waals surface area contributed by atoms with Gasteiger partial charge in [-0.1, -0.05) is 95.0 Å². The van der Waals surface area contributed by atoms with Crippen LogP contribution in [-0.4, -0.2) is 101 Å². The largest absolute Gasteiger partial charge is 0.348 e. The number of nitrogens with two attached hydrogens (primary N) is 2. The molecule has 392 valence electrons. The number of aromatic amines is 2. The van der Waals surface area contributed by atoms with Crippen molar-refractivity contribution in [1.29, 1.82) is 0 Å². The van der Waals surface area contributed by atoms with E-state index in [0.717, 1.165) is 94.8 Å². The van der Waals surface area contributed by atoms with Crippen molar-refractivity contribution in [3.05, 3.63) is 199 Å². The van der Waals surface area contributed by atoms with Crippen LogP contribution in [0.5, 0.6) is 0 Å². The number of para-hydroxylation sites is 4. The van der Waals surface area contributed by atoms with E-state index in [1.165, 1.54) is 35.9 Å². The van der Waals surface area contributed by atoms with Gasteiger partial charge in [0.1, 0.15) is 11.6 Å². The minimum atomic E-state index is -0.369. The molecule has 20 heteroatoms. The van der Waals surface area contributed by atoms with E-state index in [1.54, 1.807) is 0 Å². The van der Waals surface area contributed by atoms with Crippen molar-refractivity contribution in [2.45, 2.75) is 63.7 Å². The number of pyridine rings is 4. The number of halogens is 4. The monoisotopic (exact) mass is 1100 g/mol. The van der Waals surface area contributed by atoms with E-state index in [1.807, 2.05) is 73.1 Å². The van der Waals surface area contributed by atoms with Gasteiger partial charge in [0, 0.05) is 76.4 Å². The molecular formula is C56H58Cl4N14O2. The second-order valence-corrected chi connectivity index (χ2v) is 20.3. The van der Waals surface area contributed by atoms with Gasteiger partial charge in [-0.05, 0) is 97.2 Å². The van der Waals surface area contributed by atoms with Crippen LogP contribution in [0.2, 0.25) is 20.1 Å². The maximum Gasteiger partial charge on any atom is 0.254 e. The Morgan fingerprint density at radius 3 is 1.39 bits per heavy atom. The fourth-order valence-corrected chi connectivity index (χ4v) is 10.9. The number of hydrogen-bond donors (Lipinski definition) is 6. The Morgan fingerprint density at radius 1 is 0.592 bits per heavy atom. The maximum atomic E-state index is 12.7. The third-order valence-electron chi connectivity index (χ3n) is 13.7. The van der Waals surface area contributed by atoms with Gasteiger partial charge >= 0.3 is 0 Å². The SMILES string of the molecule is NC/C(=C/CN(Cc1nc2ccccc2[nH]1)[C@H]1CCCc2cccnc21)CNC(=O)c1c(Cl)cncc1Cl.NC/C(=C\CN(Cc1nc2ccccc2[nH]1)[C@H]1CCCc2cccnc21)CNC(=O)c1c(Cl)cncc1Cl. The minimum absolute atomic E-state index is 0.146. The van der Waals surface area contributed by atoms with Gasteiger partial charge in [0.2, 0.25) is 0 Å². The van der Waals surface area contributed by atoms with Gasteiger partial charge in [-0.3, -0.25) is 39.3 Å². The van der Waals surface area contributed by atoms with Crippen LogP contribution in [0.25, 0.3) is 22.1 Å². The van der Waals surface area contributed by atoms with Crippen LogP contribution in [0.4, 0.5) is 0 Å². The number of fused-ring (bicyclic) bond motifs is 4. The molecule has 0 unspecified atom stereocenters. The lowest BCUT2D eigenvalue weighted by Crippen LogP contribution is -2.33. The second kappa shape index (κ2) is 26.0. The summed E-state index contributed by atoms with van der Waals surface area (Å²) >= 11 is 24.6. The summed E-state index contributed by atoms with van der Waals surface area (Å²) in [5, 5.41) is 6.58. The summed E-state index contributed by atoms with van der Waals surface area (Å²) in [6.45, 7) is 3.65. The average Bonchev–Trinajstić information content (AvgIpc) is 4.06. The second-order valence-electron chi connectivity index (χ2n) is 18.6. The topological polar surface area (TPSA) is 226 Å². The summed E-state index contributed by atoms with van der Waals surface area (Å²) in [7, 11) is 0. The molecule has 0 bridgehead atoms. The van der Waals surface area contributed by atoms with Crippen molar-refractivity contribution in [3.63, 3.8) is 0 Å². The zero-order chi connectivity index (χ0) is 53.0. The van der Waals surface area contributed by atoms with Crippen molar-refractivity contribution >= 4 is 80.3 Å². The first-order chi connectivity index (χ1) is 37.1. The van der Waals surface area contributed by atoms with E-state index in [4.69, 9.17) is 77.8 Å². The first-order valence-corrected chi connectivity index (χ1v) is 26.7. The van der Waals surface area contributed by atoms with E-state index >= 15 is 0 Å². The summed E-state index contributed by atoms with van der Waals surface area (Å²) < 4.78 is 0. The standard InChI is InChI=1S/2C28H29Cl2N7O/c2*29-20-15-32-16-21(30)26(20)28(38)34-14-18(13-31)10-12-37(17-25-35-22-7-1-2-8-23(22)36-25)24-9-3-5-19-6-4-11-33-27(19)24/h2*1-2,4,6-8,10-11,15-16,24H,3,5,9,12-14,17,31H2,(H,34,38)(H,35,36)/b18-10+;18-10-/t2*24-/m00/s1. The molecule has 0 saturated heterocycles. The number of rotatable bonds is 18. The molecule has 0 saturated carbocycles. The van der Waals surface area contributed by atoms with E-state index in [-0.39, 0.29) is 68.2 Å². The van der Waals surface area contributed by atoms with Gasteiger partial charge in [0.15, 0.2) is 0 Å². The fourth-order valence-electron chi connectivity index (χ4n) is 9.80. The molecule has 2 aliphatic rings. The van der Waals surface area contributed by atoms with Gasteiger partial charge < -0.3 is 32.1 Å². The molecule has 6 aromatic heterocycles. The maximum absolute atomic E-state index is 12.7. The van der Waals surface area contributed by atoms with Crippen molar-refractivity contribution in [2.75, 3.05) is 39.3 Å². The van der Waals surface area contributed by atoms with Crippen LogP contribution in [0, 0.1) is 0 Å². The van der Waals surface area contributed by atoms with Crippen LogP contribution in [0.15, 0.2) is 133 Å². The summed E-state index contributed by atoms with van der Waals surface area (Å²) in [4.78, 5) is 64.1. The van der Waals surface area contributed by atoms with Gasteiger partial charge in [-0.15, -0.1) is 0 Å². The molecule has 2 aliphatic carbocycles. The number of imidazole rings is 2. The molecule has 0 spiro atoms. The minimum Gasteiger partial charge on any atom is -0.348 e. The molecule has 2 amide bonds. The molecule has 0 radical (unpaired) electrons. The number of nitrogens with one attached hydrogen (secondary N) is 4. The zero-order valence-corrected chi connectivity index (χ0v) is 44.7. The number of hydrogen-bond acceptors (Lipinski definition) is 12. The van der Waals surface area contributed by atoms with E-state index < -0.39 is 0 Å². The lowest BCUT2D eigenvalue weighted by atomic mass is 9.90. The predicted molar refractivity (Wildman–Crippen MR) is 300 cm³/mol. The Hall–Kier alpha value is -6.60. The molecule has 10 rings (SSSR count). The molecular weight excluding hydrogens is 1040 g/mol. The first-order valence-electron chi connectivity index (χ1n) is 25.2. The molecule has 16 nitrogen and oxygen atoms in total. The Balaban J connectivity index is 0.000000186. The van der Waals surface area contributed by atoms with Gasteiger partial charge in [-0.2, -0.15) is 0 Å². The summed E-state index contributed by atoms with van der Waals surface area (Å²) in [5.41, 5.74) is 23.1. The van der Waals surface area contributed by atoms with Crippen LogP contribution in [0.3, 0.4) is 0 Å². The van der Waals surface area contributed by atoms with Crippen LogP contribution < -0.4 is 22.1 Å². The number of aromatic nitrogens is 8. The zero-order valence-electron chi connectivity index (χ0n) is 41.7. The number of aryl methyl sites for hydroxylation is 2. The summed E-state index contributed by atoms with van der Waals surface area (Å²) in [6, 6.07) is 24.7. The predicted octanol–water partition coefficient (Wildman–Crippen LogP) is 9.71. The number of H-pyrrole nitrogens is 2. The molecule has 2 aromatic carbocycles. The van der Waals surface area contributed by atoms with E-state index in [0.29, 0.717) is 39.3 Å². The highest BCUT2D eigenvalue weighted by Crippen LogP contribution is 2.35. The molecule has 8 N–H and O–H groups in total. The molecule has 2 atom stereocenters. The van der Waals surface area contributed by atoms with Crippen LogP contribution >= 0.6 is 46.4 Å². The van der Waals surface area contributed by atoms with Crippen molar-refractivity contribution in [3.8, 4) is 0 Å². The van der Waals surface area contributed by atoms with Gasteiger partial charge in [0.25, 0.3) is 11.8 Å². The van der Waals surface area contributed by atoms with Gasteiger partial charge in [0.05, 0.1) is 89.8 Å². The normalized spacial score (nSPS) is 15.6. The van der Waals surface area contributed by atoms with Crippen molar-refractivity contribution in [1.82, 2.24) is 60.3 Å². The lowest BCUT2D eigenvalue weighted by Gasteiger charge is -2.34. The average molecular weight is 1100 g/mol. The van der Waals surface area contributed by atoms with Crippen molar-refractivity contribution in [2.24, 2.45) is 11.5 Å². The number of benzene rings is 2. The molecule has 0 fully saturated rings. The highest BCUT2D eigenvalue weighted by Gasteiger charge is 2.29. The molecule has 8 aromatic rings. The number of nitrogens with zero attached hydrogens (tertiary/aromatic N) is 8. The smallest absolute Gasteiger partial charge is 0.254 e. The highest BCUT2D eigenvalue weighted by atomic mass is 35.5. The third-order valence-corrected chi connectivity index (χ3v) is 14.8. The number of amides is 2. The summed E-state index contributed by atoms with van der Waals surface area (Å²) in [5.74, 6) is 1.05. The summed E-state index contributed by atoms with van der Waals surface area (Å²) in [6.07, 6.45) is 19.7. The molecule has 6 heterocycles. The van der Waals surface area contributed by atoms with E-state index in [9.17, 15) is 9.59 Å². The fraction of sp³-hybridized carbons (Fsp3) is 0.286. The first kappa shape index (κ1) is 54.2. The number of carbonyl (C=O) groups excluding carboxylic acids is 2. The third kappa shape index (κ3) is 13.3. The molecule has 76 heavy (non-hydrogen) atoms. The van der Waals surface area contributed by atoms with E-state index in [2.05, 4.69) is 64.7 Å². The number of carbonyl (C=O) groups is 2. The highest BCUT2D eigenvalue weighted by molar-refractivity contribution is 6.40. The van der Waals surface area contributed by atoms with Crippen molar-refractivity contribution < 1.29 is 9.59 Å². The lowest BCUT2D eigenvalue weighted by molar-refractivity contribution is 0.0949. The Labute approximate surface area is 460 Å². The van der Waals surface area contributed by atoms with Gasteiger partial charge in [-0.25, -0.2) is 9.97 Å².